The molecule has 0 aliphatic carbocycles. The number of nitrogens with zero attached hydrogens (tertiary/aromatic N) is 2. The fourth-order valence-corrected chi connectivity index (χ4v) is 2.75. The Morgan fingerprint density at radius 2 is 1.50 bits per heavy atom. The van der Waals surface area contributed by atoms with E-state index in [-0.39, 0.29) is 5.91 Å². The van der Waals surface area contributed by atoms with Crippen molar-refractivity contribution in [1.29, 1.82) is 0 Å². The van der Waals surface area contributed by atoms with Crippen LogP contribution in [-0.4, -0.2) is 15.7 Å². The van der Waals surface area contributed by atoms with Gasteiger partial charge in [0.05, 0.1) is 11.4 Å². The Morgan fingerprint density at radius 3 is 2.12 bits per heavy atom. The molecule has 0 unspecified atom stereocenters. The van der Waals surface area contributed by atoms with E-state index >= 15 is 0 Å². The van der Waals surface area contributed by atoms with E-state index in [0.717, 1.165) is 28.1 Å². The minimum Gasteiger partial charge on any atom is -0.306 e. The fraction of sp³-hybridized carbons (Fsp3) is 0.200. The maximum Gasteiger partial charge on any atom is 0.256 e. The van der Waals surface area contributed by atoms with Crippen molar-refractivity contribution in [2.45, 2.75) is 27.7 Å². The molecule has 0 spiro atoms. The highest BCUT2D eigenvalue weighted by atomic mass is 16.1. The first-order valence-electron chi connectivity index (χ1n) is 7.96. The number of anilines is 1. The Morgan fingerprint density at radius 1 is 0.875 bits per heavy atom. The summed E-state index contributed by atoms with van der Waals surface area (Å²) in [6.45, 7) is 8.02. The topological polar surface area (TPSA) is 46.9 Å². The Kier molecular flexibility index (Phi) is 4.21. The summed E-state index contributed by atoms with van der Waals surface area (Å²) in [4.78, 5) is 12.5. The molecule has 0 aliphatic rings. The standard InChI is InChI=1S/C20H21N3O/c1-13-5-7-17(8-6-13)20(24)21-19-12-16(4)22-23(19)18-10-14(2)9-15(3)11-18/h5-12H,1-4H3,(H,21,24). The van der Waals surface area contributed by atoms with Crippen LogP contribution in [0.3, 0.4) is 0 Å². The van der Waals surface area contributed by atoms with Crippen molar-refractivity contribution in [3.8, 4) is 5.69 Å². The summed E-state index contributed by atoms with van der Waals surface area (Å²) in [5.41, 5.74) is 5.88. The molecule has 0 aliphatic heterocycles. The average molecular weight is 319 g/mol. The molecule has 1 N–H and O–H groups in total. The molecule has 4 heteroatoms. The number of hydrogen-bond acceptors (Lipinski definition) is 2. The zero-order valence-electron chi connectivity index (χ0n) is 14.4. The van der Waals surface area contributed by atoms with Crippen molar-refractivity contribution < 1.29 is 4.79 Å². The summed E-state index contributed by atoms with van der Waals surface area (Å²) in [6.07, 6.45) is 0. The van der Waals surface area contributed by atoms with Crippen LogP contribution in [0.15, 0.2) is 48.5 Å². The van der Waals surface area contributed by atoms with Crippen molar-refractivity contribution in [3.63, 3.8) is 0 Å². The first kappa shape index (κ1) is 16.0. The number of benzene rings is 2. The lowest BCUT2D eigenvalue weighted by molar-refractivity contribution is 0.102. The molecule has 0 bridgehead atoms. The third-order valence-corrected chi connectivity index (χ3v) is 3.84. The van der Waals surface area contributed by atoms with E-state index in [4.69, 9.17) is 0 Å². The zero-order chi connectivity index (χ0) is 17.3. The first-order valence-corrected chi connectivity index (χ1v) is 7.96. The molecule has 0 saturated heterocycles. The summed E-state index contributed by atoms with van der Waals surface area (Å²) in [7, 11) is 0. The van der Waals surface area contributed by atoms with Gasteiger partial charge in [-0.3, -0.25) is 4.79 Å². The summed E-state index contributed by atoms with van der Waals surface area (Å²) in [5, 5.41) is 7.49. The molecule has 1 aromatic heterocycles. The van der Waals surface area contributed by atoms with Gasteiger partial charge in [-0.05, 0) is 63.1 Å². The minimum atomic E-state index is -0.138. The summed E-state index contributed by atoms with van der Waals surface area (Å²) in [6, 6.07) is 15.6. The van der Waals surface area contributed by atoms with Crippen LogP contribution in [-0.2, 0) is 0 Å². The van der Waals surface area contributed by atoms with Gasteiger partial charge in [0.1, 0.15) is 5.82 Å². The fourth-order valence-electron chi connectivity index (χ4n) is 2.75. The van der Waals surface area contributed by atoms with Crippen LogP contribution < -0.4 is 5.32 Å². The molecule has 4 nitrogen and oxygen atoms in total. The molecule has 0 atom stereocenters. The van der Waals surface area contributed by atoms with Gasteiger partial charge in [0.25, 0.3) is 5.91 Å². The van der Waals surface area contributed by atoms with E-state index < -0.39 is 0 Å². The molecule has 3 rings (SSSR count). The highest BCUT2D eigenvalue weighted by Gasteiger charge is 2.13. The normalized spacial score (nSPS) is 10.7. The second kappa shape index (κ2) is 6.32. The molecule has 0 saturated carbocycles. The van der Waals surface area contributed by atoms with E-state index in [2.05, 4.69) is 42.5 Å². The van der Waals surface area contributed by atoms with Gasteiger partial charge in [-0.2, -0.15) is 5.10 Å². The Hall–Kier alpha value is -2.88. The first-order chi connectivity index (χ1) is 11.4. The van der Waals surface area contributed by atoms with Gasteiger partial charge >= 0.3 is 0 Å². The van der Waals surface area contributed by atoms with E-state index in [0.29, 0.717) is 11.4 Å². The quantitative estimate of drug-likeness (QED) is 0.780. The number of carbonyl (C=O) groups is 1. The average Bonchev–Trinajstić information content (AvgIpc) is 2.87. The van der Waals surface area contributed by atoms with Crippen molar-refractivity contribution in [2.24, 2.45) is 0 Å². The van der Waals surface area contributed by atoms with Crippen LogP contribution in [0.4, 0.5) is 5.82 Å². The van der Waals surface area contributed by atoms with E-state index in [1.165, 1.54) is 0 Å². The third kappa shape index (κ3) is 3.38. The smallest absolute Gasteiger partial charge is 0.256 e. The number of rotatable bonds is 3. The second-order valence-electron chi connectivity index (χ2n) is 6.25. The molecule has 0 radical (unpaired) electrons. The van der Waals surface area contributed by atoms with Gasteiger partial charge in [-0.25, -0.2) is 4.68 Å². The highest BCUT2D eigenvalue weighted by molar-refractivity contribution is 6.04. The van der Waals surface area contributed by atoms with Crippen LogP contribution >= 0.6 is 0 Å². The molecule has 1 heterocycles. The lowest BCUT2D eigenvalue weighted by atomic mass is 10.1. The van der Waals surface area contributed by atoms with Gasteiger partial charge < -0.3 is 5.32 Å². The number of nitrogens with one attached hydrogen (secondary N) is 1. The molecule has 2 aromatic carbocycles. The number of aromatic nitrogens is 2. The van der Waals surface area contributed by atoms with E-state index in [1.807, 2.05) is 44.2 Å². The number of amides is 1. The van der Waals surface area contributed by atoms with Crippen molar-refractivity contribution in [3.05, 3.63) is 76.5 Å². The number of carbonyl (C=O) groups excluding carboxylic acids is 1. The van der Waals surface area contributed by atoms with Crippen LogP contribution in [0, 0.1) is 27.7 Å². The third-order valence-electron chi connectivity index (χ3n) is 3.84. The number of aryl methyl sites for hydroxylation is 4. The predicted octanol–water partition coefficient (Wildman–Crippen LogP) is 4.36. The van der Waals surface area contributed by atoms with E-state index in [9.17, 15) is 4.79 Å². The lowest BCUT2D eigenvalue weighted by Gasteiger charge is -2.11. The van der Waals surface area contributed by atoms with Crippen LogP contribution in [0.25, 0.3) is 5.69 Å². The molecule has 1 amide bonds. The monoisotopic (exact) mass is 319 g/mol. The van der Waals surface area contributed by atoms with Gasteiger partial charge in [0, 0.05) is 11.6 Å². The van der Waals surface area contributed by atoms with Crippen molar-refractivity contribution in [2.75, 3.05) is 5.32 Å². The summed E-state index contributed by atoms with van der Waals surface area (Å²) in [5.74, 6) is 0.531. The van der Waals surface area contributed by atoms with Crippen LogP contribution in [0.1, 0.15) is 32.7 Å². The van der Waals surface area contributed by atoms with Gasteiger partial charge in [-0.1, -0.05) is 23.8 Å². The van der Waals surface area contributed by atoms with Crippen molar-refractivity contribution >= 4 is 11.7 Å². The molecule has 3 aromatic rings. The van der Waals surface area contributed by atoms with Gasteiger partial charge in [-0.15, -0.1) is 0 Å². The molecular formula is C20H21N3O. The molecule has 24 heavy (non-hydrogen) atoms. The molecular weight excluding hydrogens is 298 g/mol. The Bertz CT molecular complexity index is 871. The largest absolute Gasteiger partial charge is 0.306 e. The Labute approximate surface area is 142 Å². The lowest BCUT2D eigenvalue weighted by Crippen LogP contribution is -2.15. The predicted molar refractivity (Wildman–Crippen MR) is 96.9 cm³/mol. The maximum absolute atomic E-state index is 12.5. The summed E-state index contributed by atoms with van der Waals surface area (Å²) < 4.78 is 1.78. The van der Waals surface area contributed by atoms with E-state index in [1.54, 1.807) is 4.68 Å². The zero-order valence-corrected chi connectivity index (χ0v) is 14.4. The SMILES string of the molecule is Cc1ccc(C(=O)Nc2cc(C)nn2-c2cc(C)cc(C)c2)cc1. The van der Waals surface area contributed by atoms with Crippen LogP contribution in [0.2, 0.25) is 0 Å². The Balaban J connectivity index is 1.94. The molecule has 122 valence electrons. The van der Waals surface area contributed by atoms with Gasteiger partial charge in [0.15, 0.2) is 0 Å². The minimum absolute atomic E-state index is 0.138. The maximum atomic E-state index is 12.5. The summed E-state index contributed by atoms with van der Waals surface area (Å²) >= 11 is 0. The van der Waals surface area contributed by atoms with Gasteiger partial charge in [0.2, 0.25) is 0 Å². The van der Waals surface area contributed by atoms with Crippen LogP contribution in [0.5, 0.6) is 0 Å². The van der Waals surface area contributed by atoms with Crippen molar-refractivity contribution in [1.82, 2.24) is 9.78 Å². The molecule has 0 fully saturated rings. The highest BCUT2D eigenvalue weighted by Crippen LogP contribution is 2.20. The second-order valence-corrected chi connectivity index (χ2v) is 6.25. The number of hydrogen-bond donors (Lipinski definition) is 1.